The number of rotatable bonds is 5. The Balaban J connectivity index is 1.74. The van der Waals surface area contributed by atoms with Gasteiger partial charge in [0, 0.05) is 13.0 Å². The second kappa shape index (κ2) is 6.74. The molecule has 1 saturated carbocycles. The van der Waals surface area contributed by atoms with Crippen LogP contribution in [0.3, 0.4) is 0 Å². The molecule has 2 atom stereocenters. The summed E-state index contributed by atoms with van der Waals surface area (Å²) in [5.74, 6) is 0.457. The van der Waals surface area contributed by atoms with Gasteiger partial charge in [0.1, 0.15) is 5.75 Å². The van der Waals surface area contributed by atoms with Crippen LogP contribution < -0.4 is 15.4 Å². The van der Waals surface area contributed by atoms with Crippen LogP contribution in [-0.2, 0) is 4.79 Å². The third-order valence-corrected chi connectivity index (χ3v) is 4.31. The van der Waals surface area contributed by atoms with Crippen molar-refractivity contribution in [3.05, 3.63) is 59.7 Å². The Morgan fingerprint density at radius 2 is 1.88 bits per heavy atom. The summed E-state index contributed by atoms with van der Waals surface area (Å²) in [4.78, 5) is 24.5. The Morgan fingerprint density at radius 1 is 1.12 bits per heavy atom. The van der Waals surface area contributed by atoms with Crippen molar-refractivity contribution in [2.75, 3.05) is 19.5 Å². The molecule has 0 bridgehead atoms. The highest BCUT2D eigenvalue weighted by Crippen LogP contribution is 2.48. The second-order valence-electron chi connectivity index (χ2n) is 5.84. The van der Waals surface area contributed by atoms with Crippen LogP contribution in [-0.4, -0.2) is 26.0 Å². The van der Waals surface area contributed by atoms with Gasteiger partial charge >= 0.3 is 0 Å². The Kier molecular flexibility index (Phi) is 4.51. The van der Waals surface area contributed by atoms with Crippen molar-refractivity contribution in [1.82, 2.24) is 5.32 Å². The summed E-state index contributed by atoms with van der Waals surface area (Å²) < 4.78 is 5.15. The third-order valence-electron chi connectivity index (χ3n) is 4.31. The summed E-state index contributed by atoms with van der Waals surface area (Å²) in [7, 11) is 3.09. The van der Waals surface area contributed by atoms with Gasteiger partial charge in [-0.05, 0) is 36.1 Å². The number of ether oxygens (including phenoxy) is 1. The highest BCUT2D eigenvalue weighted by Gasteiger charge is 2.44. The fourth-order valence-corrected chi connectivity index (χ4v) is 2.86. The first-order valence-electron chi connectivity index (χ1n) is 7.90. The van der Waals surface area contributed by atoms with E-state index in [0.29, 0.717) is 17.0 Å². The van der Waals surface area contributed by atoms with E-state index in [4.69, 9.17) is 4.74 Å². The average Bonchev–Trinajstić information content (AvgIpc) is 3.43. The van der Waals surface area contributed by atoms with Crippen molar-refractivity contribution in [1.29, 1.82) is 0 Å². The minimum atomic E-state index is -0.264. The summed E-state index contributed by atoms with van der Waals surface area (Å²) in [5.41, 5.74) is 2.07. The van der Waals surface area contributed by atoms with Gasteiger partial charge in [0.15, 0.2) is 0 Å². The molecule has 2 aromatic carbocycles. The van der Waals surface area contributed by atoms with Gasteiger partial charge in [0.2, 0.25) is 5.91 Å². The predicted octanol–water partition coefficient (Wildman–Crippen LogP) is 2.80. The first-order chi connectivity index (χ1) is 11.6. The van der Waals surface area contributed by atoms with Gasteiger partial charge in [-0.15, -0.1) is 0 Å². The van der Waals surface area contributed by atoms with Gasteiger partial charge < -0.3 is 15.4 Å². The van der Waals surface area contributed by atoms with Crippen molar-refractivity contribution in [3.63, 3.8) is 0 Å². The lowest BCUT2D eigenvalue weighted by Gasteiger charge is -2.12. The van der Waals surface area contributed by atoms with E-state index in [-0.39, 0.29) is 23.7 Å². The molecule has 24 heavy (non-hydrogen) atoms. The number of anilines is 1. The molecule has 2 N–H and O–H groups in total. The molecule has 2 aromatic rings. The van der Waals surface area contributed by atoms with Crippen LogP contribution in [0.1, 0.15) is 28.3 Å². The maximum atomic E-state index is 12.5. The van der Waals surface area contributed by atoms with E-state index in [1.54, 1.807) is 25.2 Å². The number of methoxy groups -OCH3 is 1. The van der Waals surface area contributed by atoms with Gasteiger partial charge in [-0.3, -0.25) is 9.59 Å². The number of carbonyl (C=O) groups excluding carboxylic acids is 2. The Hall–Kier alpha value is -2.82. The lowest BCUT2D eigenvalue weighted by molar-refractivity contribution is -0.117. The normalized spacial score (nSPS) is 18.6. The lowest BCUT2D eigenvalue weighted by Crippen LogP contribution is -2.22. The molecule has 0 heterocycles. The van der Waals surface area contributed by atoms with Crippen molar-refractivity contribution >= 4 is 17.5 Å². The van der Waals surface area contributed by atoms with E-state index in [9.17, 15) is 9.59 Å². The number of hydrogen-bond donors (Lipinski definition) is 2. The Bertz CT molecular complexity index is 758. The van der Waals surface area contributed by atoms with Crippen LogP contribution in [0.25, 0.3) is 0 Å². The van der Waals surface area contributed by atoms with Crippen molar-refractivity contribution in [3.8, 4) is 5.75 Å². The molecule has 1 aliphatic rings. The molecular formula is C19H20N2O3. The zero-order chi connectivity index (χ0) is 17.1. The Labute approximate surface area is 141 Å². The van der Waals surface area contributed by atoms with Crippen molar-refractivity contribution in [2.24, 2.45) is 5.92 Å². The molecule has 3 rings (SSSR count). The molecule has 5 heteroatoms. The fourth-order valence-electron chi connectivity index (χ4n) is 2.86. The van der Waals surface area contributed by atoms with Gasteiger partial charge in [-0.2, -0.15) is 0 Å². The first kappa shape index (κ1) is 16.1. The van der Waals surface area contributed by atoms with E-state index in [2.05, 4.69) is 10.6 Å². The molecule has 0 aliphatic heterocycles. The second-order valence-corrected chi connectivity index (χ2v) is 5.84. The summed E-state index contributed by atoms with van der Waals surface area (Å²) in [6.45, 7) is 0. The van der Waals surface area contributed by atoms with E-state index < -0.39 is 0 Å². The lowest BCUT2D eigenvalue weighted by atomic mass is 10.1. The highest BCUT2D eigenvalue weighted by molar-refractivity contribution is 6.05. The topological polar surface area (TPSA) is 67.4 Å². The number of nitrogens with one attached hydrogen (secondary N) is 2. The summed E-state index contributed by atoms with van der Waals surface area (Å²) in [6.07, 6.45) is 0.835. The fraction of sp³-hybridized carbons (Fsp3) is 0.263. The molecule has 0 saturated heterocycles. The zero-order valence-corrected chi connectivity index (χ0v) is 13.7. The number of carbonyl (C=O) groups is 2. The van der Waals surface area contributed by atoms with Gasteiger partial charge in [0.25, 0.3) is 5.91 Å². The van der Waals surface area contributed by atoms with Crippen LogP contribution in [0.4, 0.5) is 5.69 Å². The monoisotopic (exact) mass is 324 g/mol. The number of benzene rings is 2. The number of amides is 2. The summed E-state index contributed by atoms with van der Waals surface area (Å²) in [5, 5.41) is 5.46. The van der Waals surface area contributed by atoms with Crippen molar-refractivity contribution < 1.29 is 14.3 Å². The van der Waals surface area contributed by atoms with Crippen LogP contribution in [0.2, 0.25) is 0 Å². The standard InChI is InChI=1S/C19H20N2O3/c1-20-18(22)16-10-13(24-2)8-9-17(16)21-19(23)15-11-14(15)12-6-4-3-5-7-12/h3-10,14-15H,11H2,1-2H3,(H,20,22)(H,21,23)/t14-,15+/m1/s1. The SMILES string of the molecule is CNC(=O)c1cc(OC)ccc1NC(=O)[C@H]1C[C@@H]1c1ccccc1. The summed E-state index contributed by atoms with van der Waals surface area (Å²) >= 11 is 0. The predicted molar refractivity (Wildman–Crippen MR) is 92.3 cm³/mol. The number of hydrogen-bond acceptors (Lipinski definition) is 3. The molecule has 1 fully saturated rings. The first-order valence-corrected chi connectivity index (χ1v) is 7.90. The van der Waals surface area contributed by atoms with E-state index in [1.165, 1.54) is 12.7 Å². The zero-order valence-electron chi connectivity index (χ0n) is 13.7. The Morgan fingerprint density at radius 3 is 2.54 bits per heavy atom. The van der Waals surface area contributed by atoms with Crippen LogP contribution in [0, 0.1) is 5.92 Å². The molecular weight excluding hydrogens is 304 g/mol. The smallest absolute Gasteiger partial charge is 0.253 e. The molecule has 1 aliphatic carbocycles. The highest BCUT2D eigenvalue weighted by atomic mass is 16.5. The van der Waals surface area contributed by atoms with Gasteiger partial charge in [-0.1, -0.05) is 30.3 Å². The van der Waals surface area contributed by atoms with E-state index >= 15 is 0 Å². The van der Waals surface area contributed by atoms with E-state index in [0.717, 1.165) is 6.42 Å². The molecule has 2 amide bonds. The van der Waals surface area contributed by atoms with Gasteiger partial charge in [0.05, 0.1) is 18.4 Å². The maximum Gasteiger partial charge on any atom is 0.253 e. The van der Waals surface area contributed by atoms with Crippen LogP contribution >= 0.6 is 0 Å². The molecule has 0 aromatic heterocycles. The van der Waals surface area contributed by atoms with Gasteiger partial charge in [-0.25, -0.2) is 0 Å². The molecule has 0 spiro atoms. The average molecular weight is 324 g/mol. The molecule has 5 nitrogen and oxygen atoms in total. The van der Waals surface area contributed by atoms with Crippen LogP contribution in [0.15, 0.2) is 48.5 Å². The minimum absolute atomic E-state index is 0.0490. The minimum Gasteiger partial charge on any atom is -0.497 e. The third kappa shape index (κ3) is 3.25. The van der Waals surface area contributed by atoms with Crippen molar-refractivity contribution in [2.45, 2.75) is 12.3 Å². The molecule has 0 unspecified atom stereocenters. The summed E-state index contributed by atoms with van der Waals surface area (Å²) in [6, 6.07) is 15.1. The molecule has 0 radical (unpaired) electrons. The molecule has 124 valence electrons. The largest absolute Gasteiger partial charge is 0.497 e. The van der Waals surface area contributed by atoms with E-state index in [1.807, 2.05) is 30.3 Å². The van der Waals surface area contributed by atoms with Crippen LogP contribution in [0.5, 0.6) is 5.75 Å². The quantitative estimate of drug-likeness (QED) is 0.889. The maximum absolute atomic E-state index is 12.5.